The molecule has 0 bridgehead atoms. The molecule has 5 nitrogen and oxygen atoms in total. The highest BCUT2D eigenvalue weighted by atomic mass is 32.1. The molecule has 102 valence electrons. The first-order chi connectivity index (χ1) is 8.75. The number of carbonyl (C=O) groups is 2. The van der Waals surface area contributed by atoms with Gasteiger partial charge in [0.25, 0.3) is 0 Å². The van der Waals surface area contributed by atoms with Gasteiger partial charge in [-0.15, -0.1) is 4.36 Å². The van der Waals surface area contributed by atoms with E-state index in [9.17, 15) is 22.8 Å². The Morgan fingerprint density at radius 3 is 2.47 bits per heavy atom. The molecule has 0 heterocycles. The van der Waals surface area contributed by atoms with E-state index < -0.39 is 29.7 Å². The number of carbonyl (C=O) groups excluding carboxylic acids is 2. The number of nitrogens with zero attached hydrogens (tertiary/aromatic N) is 1. The van der Waals surface area contributed by atoms with E-state index in [-0.39, 0.29) is 5.56 Å². The summed E-state index contributed by atoms with van der Waals surface area (Å²) in [6.45, 7) is 0. The second-order valence-corrected chi connectivity index (χ2v) is 3.68. The Labute approximate surface area is 111 Å². The number of nitrogens with two attached hydrogens (primary N) is 1. The van der Waals surface area contributed by atoms with Gasteiger partial charge in [0, 0.05) is 12.4 Å². The van der Waals surface area contributed by atoms with Gasteiger partial charge < -0.3 is 11.1 Å². The molecule has 0 saturated carbocycles. The van der Waals surface area contributed by atoms with Crippen molar-refractivity contribution in [2.45, 2.75) is 12.2 Å². The third kappa shape index (κ3) is 3.98. The lowest BCUT2D eigenvalue weighted by atomic mass is 10.0. The van der Waals surface area contributed by atoms with Crippen LogP contribution < -0.4 is 11.1 Å². The van der Waals surface area contributed by atoms with Crippen LogP contribution >= 0.6 is 0 Å². The Hall–Kier alpha value is -2.03. The molecule has 0 radical (unpaired) electrons. The molecule has 3 amide bonds. The van der Waals surface area contributed by atoms with Crippen molar-refractivity contribution < 1.29 is 22.8 Å². The Balaban J connectivity index is 3.13. The van der Waals surface area contributed by atoms with Crippen LogP contribution in [-0.2, 0) is 23.4 Å². The monoisotopic (exact) mass is 291 g/mol. The van der Waals surface area contributed by atoms with Crippen molar-refractivity contribution >= 4 is 24.4 Å². The van der Waals surface area contributed by atoms with Crippen LogP contribution in [-0.4, -0.2) is 11.9 Å². The Morgan fingerprint density at radius 1 is 1.37 bits per heavy atom. The van der Waals surface area contributed by atoms with Crippen molar-refractivity contribution in [3.8, 4) is 0 Å². The summed E-state index contributed by atoms with van der Waals surface area (Å²) in [4.78, 5) is 22.1. The molecule has 19 heavy (non-hydrogen) atoms. The first-order valence-electron chi connectivity index (χ1n) is 4.86. The minimum atomic E-state index is -4.56. The molecular formula is C10H8F3N3O2S. The molecular weight excluding hydrogens is 283 g/mol. The largest absolute Gasteiger partial charge is 0.416 e. The van der Waals surface area contributed by atoms with E-state index in [1.54, 1.807) is 0 Å². The Kier molecular flexibility index (Phi) is 4.54. The van der Waals surface area contributed by atoms with E-state index in [1.807, 2.05) is 5.32 Å². The topological polar surface area (TPSA) is 84.5 Å². The maximum atomic E-state index is 12.5. The zero-order valence-electron chi connectivity index (χ0n) is 9.27. The second-order valence-electron chi connectivity index (χ2n) is 3.50. The van der Waals surface area contributed by atoms with Crippen LogP contribution in [0.5, 0.6) is 0 Å². The highest BCUT2D eigenvalue weighted by Gasteiger charge is 2.31. The zero-order chi connectivity index (χ0) is 14.6. The molecule has 0 aliphatic heterocycles. The fraction of sp³-hybridized carbons (Fsp3) is 0.200. The predicted molar refractivity (Wildman–Crippen MR) is 61.7 cm³/mol. The first kappa shape index (κ1) is 15.0. The number of halogens is 3. The predicted octanol–water partition coefficient (Wildman–Crippen LogP) is 1.67. The molecule has 0 saturated heterocycles. The highest BCUT2D eigenvalue weighted by molar-refractivity contribution is 7.47. The summed E-state index contributed by atoms with van der Waals surface area (Å²) in [6, 6.07) is 1.43. The van der Waals surface area contributed by atoms with Gasteiger partial charge in [-0.3, -0.25) is 4.79 Å². The van der Waals surface area contributed by atoms with E-state index in [0.717, 1.165) is 18.2 Å². The van der Waals surface area contributed by atoms with Gasteiger partial charge in [0.15, 0.2) is 0 Å². The summed E-state index contributed by atoms with van der Waals surface area (Å²) in [5.74, 6) is -1.02. The summed E-state index contributed by atoms with van der Waals surface area (Å²) in [5.41, 5.74) is 3.96. The van der Waals surface area contributed by atoms with Crippen LogP contribution in [0.15, 0.2) is 28.6 Å². The quantitative estimate of drug-likeness (QED) is 0.888. The lowest BCUT2D eigenvalue weighted by Crippen LogP contribution is -2.36. The fourth-order valence-corrected chi connectivity index (χ4v) is 1.42. The number of hydrogen-bond acceptors (Lipinski definition) is 3. The smallest absolute Gasteiger partial charge is 0.368 e. The molecule has 0 fully saturated rings. The third-order valence-electron chi connectivity index (χ3n) is 2.18. The van der Waals surface area contributed by atoms with Crippen molar-refractivity contribution in [3.05, 3.63) is 35.4 Å². The van der Waals surface area contributed by atoms with Gasteiger partial charge >= 0.3 is 12.2 Å². The SMILES string of the molecule is NC(=O)C(NC(=O)N=S)c1cccc(C(F)(F)F)c1. The number of amides is 3. The fourth-order valence-electron chi connectivity index (χ4n) is 1.36. The molecule has 0 spiro atoms. The van der Waals surface area contributed by atoms with Gasteiger partial charge in [-0.25, -0.2) is 4.79 Å². The van der Waals surface area contributed by atoms with Crippen LogP contribution in [0.4, 0.5) is 18.0 Å². The number of primary amides is 1. The van der Waals surface area contributed by atoms with Crippen LogP contribution in [0.25, 0.3) is 0 Å². The molecule has 1 atom stereocenters. The third-order valence-corrected chi connectivity index (χ3v) is 2.35. The zero-order valence-corrected chi connectivity index (χ0v) is 10.1. The van der Waals surface area contributed by atoms with Gasteiger partial charge in [-0.2, -0.15) is 13.2 Å². The van der Waals surface area contributed by atoms with Gasteiger partial charge in [0.05, 0.1) is 5.56 Å². The van der Waals surface area contributed by atoms with E-state index in [4.69, 9.17) is 5.73 Å². The average Bonchev–Trinajstić information content (AvgIpc) is 2.34. The second kappa shape index (κ2) is 5.74. The number of urea groups is 1. The van der Waals surface area contributed by atoms with Gasteiger partial charge in [-0.1, -0.05) is 12.1 Å². The number of rotatable bonds is 3. The Morgan fingerprint density at radius 2 is 2.00 bits per heavy atom. The Bertz CT molecular complexity index is 519. The van der Waals surface area contributed by atoms with Crippen molar-refractivity contribution in [3.63, 3.8) is 0 Å². The summed E-state index contributed by atoms with van der Waals surface area (Å²) >= 11 is 4.10. The molecule has 1 aromatic carbocycles. The number of benzene rings is 1. The molecule has 0 aliphatic rings. The van der Waals surface area contributed by atoms with Gasteiger partial charge in [0.1, 0.15) is 6.04 Å². The minimum Gasteiger partial charge on any atom is -0.368 e. The van der Waals surface area contributed by atoms with Crippen LogP contribution in [0.1, 0.15) is 17.2 Å². The maximum absolute atomic E-state index is 12.5. The lowest BCUT2D eigenvalue weighted by Gasteiger charge is -2.15. The number of nitrogens with one attached hydrogen (secondary N) is 1. The van der Waals surface area contributed by atoms with Gasteiger partial charge in [0.2, 0.25) is 5.91 Å². The summed E-state index contributed by atoms with van der Waals surface area (Å²) in [7, 11) is 0. The van der Waals surface area contributed by atoms with Crippen LogP contribution in [0.2, 0.25) is 0 Å². The van der Waals surface area contributed by atoms with Crippen LogP contribution in [0.3, 0.4) is 0 Å². The van der Waals surface area contributed by atoms with E-state index >= 15 is 0 Å². The molecule has 0 aromatic heterocycles. The molecule has 3 N–H and O–H groups in total. The minimum absolute atomic E-state index is 0.102. The first-order valence-corrected chi connectivity index (χ1v) is 5.22. The standard InChI is InChI=1S/C10H8F3N3O2S/c11-10(12,13)6-3-1-2-5(4-6)7(8(14)17)15-9(18)16-19/h1-4,7H,(H2,14,17)(H,15,18). The van der Waals surface area contributed by atoms with Crippen molar-refractivity contribution in [2.75, 3.05) is 0 Å². The van der Waals surface area contributed by atoms with E-state index in [0.29, 0.717) is 0 Å². The molecule has 9 heteroatoms. The van der Waals surface area contributed by atoms with Crippen molar-refractivity contribution in [1.29, 1.82) is 0 Å². The normalized spacial score (nSPS) is 12.6. The van der Waals surface area contributed by atoms with Crippen LogP contribution in [0, 0.1) is 0 Å². The number of hydrogen-bond donors (Lipinski definition) is 2. The number of alkyl halides is 3. The van der Waals surface area contributed by atoms with Gasteiger partial charge in [-0.05, 0) is 17.7 Å². The molecule has 1 aromatic rings. The van der Waals surface area contributed by atoms with E-state index in [1.165, 1.54) is 6.07 Å². The van der Waals surface area contributed by atoms with Crippen molar-refractivity contribution in [1.82, 2.24) is 5.32 Å². The molecule has 1 rings (SSSR count). The summed E-state index contributed by atoms with van der Waals surface area (Å²) < 4.78 is 40.4. The van der Waals surface area contributed by atoms with E-state index in [2.05, 4.69) is 16.8 Å². The maximum Gasteiger partial charge on any atom is 0.416 e. The average molecular weight is 291 g/mol. The summed E-state index contributed by atoms with van der Waals surface area (Å²) in [6.07, 6.45) is -4.56. The molecule has 1 unspecified atom stereocenters. The van der Waals surface area contributed by atoms with Crippen molar-refractivity contribution in [2.24, 2.45) is 10.1 Å². The lowest BCUT2D eigenvalue weighted by molar-refractivity contribution is -0.137. The highest BCUT2D eigenvalue weighted by Crippen LogP contribution is 2.30. The summed E-state index contributed by atoms with van der Waals surface area (Å²) in [5, 5.41) is 2.01. The molecule has 0 aliphatic carbocycles.